The molecule has 2 aromatic heterocycles. The van der Waals surface area contributed by atoms with Crippen LogP contribution in [-0.2, 0) is 19.4 Å². The van der Waals surface area contributed by atoms with E-state index in [0.29, 0.717) is 28.7 Å². The average Bonchev–Trinajstić information content (AvgIpc) is 3.49. The number of rotatable bonds is 7. The maximum absolute atomic E-state index is 13.0. The molecule has 2 N–H and O–H groups in total. The second-order valence-corrected chi connectivity index (χ2v) is 8.80. The Morgan fingerprint density at radius 2 is 1.88 bits per heavy atom. The standard InChI is InChI=1S/C23H23N5O4S/c1-30-17-10-16-19(11-18(17)31-2)33-21(22(29)24-23-25-27-28-26-23)20(16)32-12-13-7-8-14-5-3-4-6-15(14)9-13/h7-11H,3-6,12H2,1-2H3,(H2,24,25,26,27,28,29). The van der Waals surface area contributed by atoms with Gasteiger partial charge in [-0.15, -0.1) is 16.4 Å². The number of thiophene rings is 1. The Bertz CT molecular complexity index is 1300. The second-order valence-electron chi connectivity index (χ2n) is 7.75. The van der Waals surface area contributed by atoms with E-state index in [2.05, 4.69) is 44.1 Å². The van der Waals surface area contributed by atoms with Crippen LogP contribution in [0, 0.1) is 0 Å². The summed E-state index contributed by atoms with van der Waals surface area (Å²) in [4.78, 5) is 13.5. The number of carbonyl (C=O) groups is 1. The second kappa shape index (κ2) is 9.07. The number of nitrogens with zero attached hydrogens (tertiary/aromatic N) is 3. The van der Waals surface area contributed by atoms with E-state index in [0.717, 1.165) is 28.5 Å². The van der Waals surface area contributed by atoms with Crippen LogP contribution < -0.4 is 19.5 Å². The summed E-state index contributed by atoms with van der Waals surface area (Å²) in [7, 11) is 3.15. The summed E-state index contributed by atoms with van der Waals surface area (Å²) < 4.78 is 18.0. The van der Waals surface area contributed by atoms with Gasteiger partial charge in [-0.25, -0.2) is 0 Å². The first-order valence-corrected chi connectivity index (χ1v) is 11.4. The number of aryl methyl sites for hydroxylation is 2. The average molecular weight is 466 g/mol. The summed E-state index contributed by atoms with van der Waals surface area (Å²) in [6.07, 6.45) is 4.69. The third-order valence-corrected chi connectivity index (χ3v) is 6.85. The summed E-state index contributed by atoms with van der Waals surface area (Å²) in [5.74, 6) is 1.34. The highest BCUT2D eigenvalue weighted by molar-refractivity contribution is 7.21. The number of hydrogen-bond acceptors (Lipinski definition) is 8. The molecule has 10 heteroatoms. The number of ether oxygens (including phenoxy) is 3. The Kier molecular flexibility index (Phi) is 5.82. The molecule has 1 aliphatic rings. The molecule has 0 saturated heterocycles. The maximum atomic E-state index is 13.0. The van der Waals surface area contributed by atoms with Crippen LogP contribution in [0.2, 0.25) is 0 Å². The van der Waals surface area contributed by atoms with Gasteiger partial charge in [-0.3, -0.25) is 10.1 Å². The predicted octanol–water partition coefficient (Wildman–Crippen LogP) is 4.14. The van der Waals surface area contributed by atoms with Gasteiger partial charge in [0.2, 0.25) is 0 Å². The van der Waals surface area contributed by atoms with Crippen LogP contribution in [0.25, 0.3) is 10.1 Å². The first-order chi connectivity index (χ1) is 16.2. The smallest absolute Gasteiger partial charge is 0.272 e. The number of H-pyrrole nitrogens is 1. The number of aromatic nitrogens is 4. The van der Waals surface area contributed by atoms with Gasteiger partial charge in [-0.05, 0) is 53.7 Å². The van der Waals surface area contributed by atoms with Crippen LogP contribution in [0.1, 0.15) is 39.2 Å². The summed E-state index contributed by atoms with van der Waals surface area (Å²) in [6, 6.07) is 10.2. The molecule has 0 fully saturated rings. The van der Waals surface area contributed by atoms with Gasteiger partial charge in [-0.1, -0.05) is 23.3 Å². The fourth-order valence-electron chi connectivity index (χ4n) is 4.10. The lowest BCUT2D eigenvalue weighted by molar-refractivity contribution is 0.102. The molecule has 0 bridgehead atoms. The number of anilines is 1. The van der Waals surface area contributed by atoms with E-state index in [1.54, 1.807) is 14.2 Å². The Morgan fingerprint density at radius 1 is 1.09 bits per heavy atom. The third kappa shape index (κ3) is 4.21. The van der Waals surface area contributed by atoms with E-state index >= 15 is 0 Å². The van der Waals surface area contributed by atoms with Crippen molar-refractivity contribution in [3.8, 4) is 17.2 Å². The number of fused-ring (bicyclic) bond motifs is 2. The van der Waals surface area contributed by atoms with Crippen molar-refractivity contribution in [1.82, 2.24) is 20.6 Å². The zero-order chi connectivity index (χ0) is 22.8. The number of benzene rings is 2. The first kappa shape index (κ1) is 21.2. The Labute approximate surface area is 194 Å². The normalized spacial score (nSPS) is 12.9. The predicted molar refractivity (Wildman–Crippen MR) is 124 cm³/mol. The highest BCUT2D eigenvalue weighted by Crippen LogP contribution is 2.44. The molecular weight excluding hydrogens is 442 g/mol. The van der Waals surface area contributed by atoms with E-state index in [9.17, 15) is 4.79 Å². The molecule has 2 aromatic carbocycles. The maximum Gasteiger partial charge on any atom is 0.272 e. The molecule has 0 spiro atoms. The number of tetrazole rings is 1. The first-order valence-electron chi connectivity index (χ1n) is 10.6. The van der Waals surface area contributed by atoms with Crippen molar-refractivity contribution in [2.75, 3.05) is 19.5 Å². The zero-order valence-corrected chi connectivity index (χ0v) is 19.1. The molecule has 9 nitrogen and oxygen atoms in total. The van der Waals surface area contributed by atoms with Crippen molar-refractivity contribution in [1.29, 1.82) is 0 Å². The Balaban J connectivity index is 1.50. The minimum atomic E-state index is -0.379. The largest absolute Gasteiger partial charge is 0.493 e. The fraction of sp³-hybridized carbons (Fsp3) is 0.304. The van der Waals surface area contributed by atoms with Crippen LogP contribution in [0.3, 0.4) is 0 Å². The minimum absolute atomic E-state index is 0.0910. The molecule has 1 aliphatic carbocycles. The van der Waals surface area contributed by atoms with Gasteiger partial charge in [0.1, 0.15) is 11.5 Å². The lowest BCUT2D eigenvalue weighted by atomic mass is 9.90. The summed E-state index contributed by atoms with van der Waals surface area (Å²) in [5.41, 5.74) is 3.88. The summed E-state index contributed by atoms with van der Waals surface area (Å²) in [6.45, 7) is 0.343. The van der Waals surface area contributed by atoms with Crippen molar-refractivity contribution in [2.45, 2.75) is 32.3 Å². The quantitative estimate of drug-likeness (QED) is 0.422. The number of nitrogens with one attached hydrogen (secondary N) is 2. The topological polar surface area (TPSA) is 111 Å². The van der Waals surface area contributed by atoms with E-state index in [4.69, 9.17) is 14.2 Å². The van der Waals surface area contributed by atoms with E-state index in [1.807, 2.05) is 12.1 Å². The van der Waals surface area contributed by atoms with Gasteiger partial charge in [0.15, 0.2) is 17.2 Å². The van der Waals surface area contributed by atoms with Crippen LogP contribution in [0.4, 0.5) is 5.95 Å². The van der Waals surface area contributed by atoms with Crippen LogP contribution >= 0.6 is 11.3 Å². The number of carbonyl (C=O) groups excluding carboxylic acids is 1. The fourth-order valence-corrected chi connectivity index (χ4v) is 5.15. The molecule has 1 amide bonds. The van der Waals surface area contributed by atoms with Gasteiger partial charge in [-0.2, -0.15) is 5.21 Å². The molecule has 5 rings (SSSR count). The molecular formula is C23H23N5O4S. The summed E-state index contributed by atoms with van der Waals surface area (Å²) >= 11 is 1.30. The van der Waals surface area contributed by atoms with Gasteiger partial charge in [0.25, 0.3) is 11.9 Å². The lowest BCUT2D eigenvalue weighted by Crippen LogP contribution is -2.13. The van der Waals surface area contributed by atoms with Crippen LogP contribution in [0.5, 0.6) is 17.2 Å². The molecule has 0 aliphatic heterocycles. The lowest BCUT2D eigenvalue weighted by Gasteiger charge is -2.17. The number of methoxy groups -OCH3 is 2. The molecule has 170 valence electrons. The van der Waals surface area contributed by atoms with Crippen LogP contribution in [-0.4, -0.2) is 40.8 Å². The zero-order valence-electron chi connectivity index (χ0n) is 18.3. The molecule has 0 unspecified atom stereocenters. The molecule has 0 atom stereocenters. The Hall–Kier alpha value is -3.66. The summed E-state index contributed by atoms with van der Waals surface area (Å²) in [5, 5.41) is 16.8. The Morgan fingerprint density at radius 3 is 2.64 bits per heavy atom. The molecule has 0 saturated carbocycles. The van der Waals surface area contributed by atoms with Gasteiger partial charge >= 0.3 is 0 Å². The van der Waals surface area contributed by atoms with Crippen molar-refractivity contribution in [2.24, 2.45) is 0 Å². The highest BCUT2D eigenvalue weighted by Gasteiger charge is 2.23. The van der Waals surface area contributed by atoms with Gasteiger partial charge in [0, 0.05) is 16.2 Å². The molecule has 2 heterocycles. The van der Waals surface area contributed by atoms with Crippen molar-refractivity contribution >= 4 is 33.3 Å². The van der Waals surface area contributed by atoms with Gasteiger partial charge < -0.3 is 14.2 Å². The van der Waals surface area contributed by atoms with E-state index in [1.165, 1.54) is 35.3 Å². The van der Waals surface area contributed by atoms with Crippen molar-refractivity contribution in [3.63, 3.8) is 0 Å². The molecule has 4 aromatic rings. The molecule has 0 radical (unpaired) electrons. The van der Waals surface area contributed by atoms with Crippen LogP contribution in [0.15, 0.2) is 30.3 Å². The number of aromatic amines is 1. The van der Waals surface area contributed by atoms with Gasteiger partial charge in [0.05, 0.1) is 14.2 Å². The molecule has 33 heavy (non-hydrogen) atoms. The monoisotopic (exact) mass is 465 g/mol. The highest BCUT2D eigenvalue weighted by atomic mass is 32.1. The van der Waals surface area contributed by atoms with E-state index in [-0.39, 0.29) is 11.9 Å². The third-order valence-electron chi connectivity index (χ3n) is 5.72. The van der Waals surface area contributed by atoms with Crippen molar-refractivity contribution in [3.05, 3.63) is 51.9 Å². The van der Waals surface area contributed by atoms with Crippen molar-refractivity contribution < 1.29 is 19.0 Å². The SMILES string of the molecule is COc1cc2sc(C(=O)Nc3nn[nH]n3)c(OCc3ccc4c(c3)CCCC4)c2cc1OC. The number of amides is 1. The number of hydrogen-bond donors (Lipinski definition) is 2. The van der Waals surface area contributed by atoms with E-state index < -0.39 is 0 Å². The minimum Gasteiger partial charge on any atom is -0.493 e.